The topological polar surface area (TPSA) is 44.5 Å². The number of hydrazine groups is 1. The van der Waals surface area contributed by atoms with E-state index < -0.39 is 0 Å². The zero-order valence-electron chi connectivity index (χ0n) is 11.6. The molecular formula is C14H23FN4. The SMILES string of the molecule is CN1CCCN(C)C(C(NN)c2ccccc2F)C1. The molecule has 19 heavy (non-hydrogen) atoms. The van der Waals surface area contributed by atoms with Gasteiger partial charge >= 0.3 is 0 Å². The molecule has 1 aliphatic heterocycles. The summed E-state index contributed by atoms with van der Waals surface area (Å²) in [6, 6.07) is 6.80. The van der Waals surface area contributed by atoms with E-state index >= 15 is 0 Å². The van der Waals surface area contributed by atoms with Crippen molar-refractivity contribution in [1.29, 1.82) is 0 Å². The van der Waals surface area contributed by atoms with E-state index in [1.165, 1.54) is 6.07 Å². The average molecular weight is 266 g/mol. The summed E-state index contributed by atoms with van der Waals surface area (Å²) in [5, 5.41) is 0. The second kappa shape index (κ2) is 6.43. The largest absolute Gasteiger partial charge is 0.305 e. The lowest BCUT2D eigenvalue weighted by atomic mass is 9.98. The fourth-order valence-corrected chi connectivity index (χ4v) is 2.80. The molecule has 0 spiro atoms. The molecule has 1 aromatic rings. The van der Waals surface area contributed by atoms with Crippen molar-refractivity contribution in [2.45, 2.75) is 18.5 Å². The van der Waals surface area contributed by atoms with Crippen molar-refractivity contribution in [2.75, 3.05) is 33.7 Å². The Morgan fingerprint density at radius 1 is 1.32 bits per heavy atom. The lowest BCUT2D eigenvalue weighted by Crippen LogP contribution is -2.49. The molecule has 2 unspecified atom stereocenters. The maximum absolute atomic E-state index is 14.0. The van der Waals surface area contributed by atoms with Crippen LogP contribution in [0.15, 0.2) is 24.3 Å². The molecule has 0 aliphatic carbocycles. The number of halogens is 1. The first-order chi connectivity index (χ1) is 9.13. The number of hydrogen-bond donors (Lipinski definition) is 2. The van der Waals surface area contributed by atoms with Crippen LogP contribution in [0, 0.1) is 5.82 Å². The summed E-state index contributed by atoms with van der Waals surface area (Å²) in [5.41, 5.74) is 3.44. The average Bonchev–Trinajstić information content (AvgIpc) is 2.55. The van der Waals surface area contributed by atoms with Crippen LogP contribution in [-0.4, -0.2) is 49.6 Å². The highest BCUT2D eigenvalue weighted by Gasteiger charge is 2.30. The van der Waals surface area contributed by atoms with E-state index in [-0.39, 0.29) is 17.9 Å². The van der Waals surface area contributed by atoms with E-state index in [0.29, 0.717) is 5.56 Å². The van der Waals surface area contributed by atoms with Gasteiger partial charge in [-0.15, -0.1) is 0 Å². The Bertz CT molecular complexity index is 412. The number of benzene rings is 1. The van der Waals surface area contributed by atoms with Crippen LogP contribution >= 0.6 is 0 Å². The summed E-state index contributed by atoms with van der Waals surface area (Å²) < 4.78 is 14.0. The highest BCUT2D eigenvalue weighted by atomic mass is 19.1. The highest BCUT2D eigenvalue weighted by molar-refractivity contribution is 5.23. The molecule has 0 amide bonds. The first kappa shape index (κ1) is 14.4. The van der Waals surface area contributed by atoms with Crippen LogP contribution in [0.3, 0.4) is 0 Å². The number of nitrogens with zero attached hydrogens (tertiary/aromatic N) is 2. The summed E-state index contributed by atoms with van der Waals surface area (Å²) in [7, 11) is 4.18. The first-order valence-electron chi connectivity index (χ1n) is 6.73. The Kier molecular flexibility index (Phi) is 4.87. The molecule has 1 heterocycles. The quantitative estimate of drug-likeness (QED) is 0.632. The monoisotopic (exact) mass is 266 g/mol. The predicted octanol–water partition coefficient (Wildman–Crippen LogP) is 0.966. The summed E-state index contributed by atoms with van der Waals surface area (Å²) in [5.74, 6) is 5.50. The second-order valence-electron chi connectivity index (χ2n) is 5.33. The van der Waals surface area contributed by atoms with Crippen molar-refractivity contribution in [2.24, 2.45) is 5.84 Å². The number of nitrogens with two attached hydrogens (primary N) is 1. The van der Waals surface area contributed by atoms with Crippen molar-refractivity contribution in [3.63, 3.8) is 0 Å². The lowest BCUT2D eigenvalue weighted by Gasteiger charge is -2.34. The van der Waals surface area contributed by atoms with E-state index in [1.807, 2.05) is 6.07 Å². The van der Waals surface area contributed by atoms with Gasteiger partial charge in [0.1, 0.15) is 5.82 Å². The van der Waals surface area contributed by atoms with Crippen LogP contribution in [0.5, 0.6) is 0 Å². The molecule has 0 bridgehead atoms. The van der Waals surface area contributed by atoms with Gasteiger partial charge in [0.25, 0.3) is 0 Å². The van der Waals surface area contributed by atoms with Gasteiger partial charge in [-0.25, -0.2) is 4.39 Å². The Morgan fingerprint density at radius 2 is 2.05 bits per heavy atom. The molecule has 1 aliphatic rings. The fourth-order valence-electron chi connectivity index (χ4n) is 2.80. The van der Waals surface area contributed by atoms with Gasteiger partial charge in [0.05, 0.1) is 6.04 Å². The number of hydrogen-bond acceptors (Lipinski definition) is 4. The highest BCUT2D eigenvalue weighted by Crippen LogP contribution is 2.24. The van der Waals surface area contributed by atoms with Gasteiger partial charge in [0, 0.05) is 18.2 Å². The second-order valence-corrected chi connectivity index (χ2v) is 5.33. The normalized spacial score (nSPS) is 24.1. The Morgan fingerprint density at radius 3 is 2.74 bits per heavy atom. The molecule has 1 saturated heterocycles. The fraction of sp³-hybridized carbons (Fsp3) is 0.571. The molecule has 2 atom stereocenters. The number of rotatable bonds is 3. The molecule has 106 valence electrons. The van der Waals surface area contributed by atoms with Crippen LogP contribution in [0.2, 0.25) is 0 Å². The van der Waals surface area contributed by atoms with Gasteiger partial charge in [-0.3, -0.25) is 11.3 Å². The summed E-state index contributed by atoms with van der Waals surface area (Å²) in [6.07, 6.45) is 1.12. The Hall–Kier alpha value is -1.01. The third-order valence-electron chi connectivity index (χ3n) is 3.92. The van der Waals surface area contributed by atoms with E-state index in [4.69, 9.17) is 5.84 Å². The third kappa shape index (κ3) is 3.30. The number of nitrogens with one attached hydrogen (secondary N) is 1. The van der Waals surface area contributed by atoms with Gasteiger partial charge in [-0.1, -0.05) is 18.2 Å². The Balaban J connectivity index is 2.27. The first-order valence-corrected chi connectivity index (χ1v) is 6.73. The van der Waals surface area contributed by atoms with E-state index in [9.17, 15) is 4.39 Å². The molecular weight excluding hydrogens is 243 g/mol. The van der Waals surface area contributed by atoms with E-state index in [0.717, 1.165) is 26.1 Å². The minimum Gasteiger partial charge on any atom is -0.305 e. The zero-order valence-corrected chi connectivity index (χ0v) is 11.6. The summed E-state index contributed by atoms with van der Waals surface area (Å²) in [4.78, 5) is 4.54. The summed E-state index contributed by atoms with van der Waals surface area (Å²) in [6.45, 7) is 2.94. The van der Waals surface area contributed by atoms with Crippen LogP contribution in [0.25, 0.3) is 0 Å². The maximum Gasteiger partial charge on any atom is 0.128 e. The molecule has 0 aromatic heterocycles. The van der Waals surface area contributed by atoms with Crippen molar-refractivity contribution in [3.05, 3.63) is 35.6 Å². The van der Waals surface area contributed by atoms with Crippen LogP contribution in [0.1, 0.15) is 18.0 Å². The van der Waals surface area contributed by atoms with E-state index in [1.54, 1.807) is 12.1 Å². The van der Waals surface area contributed by atoms with Gasteiger partial charge < -0.3 is 9.80 Å². The maximum atomic E-state index is 14.0. The van der Waals surface area contributed by atoms with E-state index in [2.05, 4.69) is 29.3 Å². The van der Waals surface area contributed by atoms with Crippen LogP contribution in [0.4, 0.5) is 4.39 Å². The van der Waals surface area contributed by atoms with Gasteiger partial charge in [-0.2, -0.15) is 0 Å². The molecule has 2 rings (SSSR count). The molecule has 4 nitrogen and oxygen atoms in total. The smallest absolute Gasteiger partial charge is 0.128 e. The minimum atomic E-state index is -0.203. The molecule has 1 fully saturated rings. The minimum absolute atomic E-state index is 0.161. The zero-order chi connectivity index (χ0) is 13.8. The van der Waals surface area contributed by atoms with Crippen molar-refractivity contribution < 1.29 is 4.39 Å². The van der Waals surface area contributed by atoms with Gasteiger partial charge in [0.15, 0.2) is 0 Å². The van der Waals surface area contributed by atoms with Crippen molar-refractivity contribution >= 4 is 0 Å². The summed E-state index contributed by atoms with van der Waals surface area (Å²) >= 11 is 0. The molecule has 0 saturated carbocycles. The molecule has 0 radical (unpaired) electrons. The predicted molar refractivity (Wildman–Crippen MR) is 75.0 cm³/mol. The molecule has 1 aromatic carbocycles. The van der Waals surface area contributed by atoms with Crippen LogP contribution in [-0.2, 0) is 0 Å². The van der Waals surface area contributed by atoms with Crippen molar-refractivity contribution in [3.8, 4) is 0 Å². The van der Waals surface area contributed by atoms with Gasteiger partial charge in [-0.05, 0) is 39.7 Å². The molecule has 5 heteroatoms. The standard InChI is InChI=1S/C14H23FN4/c1-18-8-5-9-19(2)13(10-18)14(17-16)11-6-3-4-7-12(11)15/h3-4,6-7,13-14,17H,5,8-10,16H2,1-2H3. The third-order valence-corrected chi connectivity index (χ3v) is 3.92. The van der Waals surface area contributed by atoms with Crippen LogP contribution < -0.4 is 11.3 Å². The van der Waals surface area contributed by atoms with Gasteiger partial charge in [0.2, 0.25) is 0 Å². The molecule has 3 N–H and O–H groups in total. The number of likely N-dealkylation sites (N-methyl/N-ethyl adjacent to an activating group) is 2. The van der Waals surface area contributed by atoms with Crippen molar-refractivity contribution in [1.82, 2.24) is 15.2 Å². The Labute approximate surface area is 114 Å². The lowest BCUT2D eigenvalue weighted by molar-refractivity contribution is 0.176.